The fourth-order valence-electron chi connectivity index (χ4n) is 2.73. The van der Waals surface area contributed by atoms with Crippen LogP contribution >= 0.6 is 12.2 Å². The van der Waals surface area contributed by atoms with Crippen molar-refractivity contribution in [1.82, 2.24) is 10.6 Å². The Kier molecular flexibility index (Phi) is 7.67. The number of rotatable bonds is 9. The second kappa shape index (κ2) is 9.97. The van der Waals surface area contributed by atoms with E-state index in [1.165, 1.54) is 6.08 Å². The number of hydrogen-bond acceptors (Lipinski definition) is 5. The first-order valence-corrected chi connectivity index (χ1v) is 9.38. The van der Waals surface area contributed by atoms with Crippen LogP contribution in [0.15, 0.2) is 42.1 Å². The molecule has 1 aromatic carbocycles. The Morgan fingerprint density at radius 3 is 2.74 bits per heavy atom. The van der Waals surface area contributed by atoms with E-state index in [0.717, 1.165) is 12.0 Å². The molecule has 1 aromatic rings. The summed E-state index contributed by atoms with van der Waals surface area (Å²) < 4.78 is 16.7. The van der Waals surface area contributed by atoms with Crippen LogP contribution in [0, 0.1) is 0 Å². The van der Waals surface area contributed by atoms with Crippen molar-refractivity contribution in [2.24, 2.45) is 0 Å². The SMILES string of the molecule is C=CCOC(=O)C1=C(C)NC(=S)N[C@H]1c1ccc(OCCC)c(OCC)c1. The molecule has 0 aromatic heterocycles. The molecule has 0 saturated carbocycles. The topological polar surface area (TPSA) is 68.8 Å². The first-order chi connectivity index (χ1) is 13.0. The first kappa shape index (κ1) is 20.8. The van der Waals surface area contributed by atoms with Crippen LogP contribution in [0.5, 0.6) is 11.5 Å². The molecule has 1 aliphatic rings. The Hall–Kier alpha value is -2.54. The maximum Gasteiger partial charge on any atom is 0.338 e. The van der Waals surface area contributed by atoms with Gasteiger partial charge in [-0.25, -0.2) is 4.79 Å². The van der Waals surface area contributed by atoms with Gasteiger partial charge < -0.3 is 24.8 Å². The van der Waals surface area contributed by atoms with Gasteiger partial charge in [0.1, 0.15) is 6.61 Å². The summed E-state index contributed by atoms with van der Waals surface area (Å²) in [5.74, 6) is 0.880. The number of thiocarbonyl (C=S) groups is 1. The molecular formula is C20H26N2O4S. The quantitative estimate of drug-likeness (QED) is 0.380. The van der Waals surface area contributed by atoms with Gasteiger partial charge in [-0.3, -0.25) is 0 Å². The average Bonchev–Trinajstić information content (AvgIpc) is 2.64. The molecule has 0 saturated heterocycles. The predicted octanol–water partition coefficient (Wildman–Crippen LogP) is 3.40. The van der Waals surface area contributed by atoms with Crippen molar-refractivity contribution in [1.29, 1.82) is 0 Å². The second-order valence-electron chi connectivity index (χ2n) is 5.94. The molecule has 0 aliphatic carbocycles. The highest BCUT2D eigenvalue weighted by molar-refractivity contribution is 7.80. The molecule has 7 heteroatoms. The van der Waals surface area contributed by atoms with Gasteiger partial charge in [0.25, 0.3) is 0 Å². The second-order valence-corrected chi connectivity index (χ2v) is 6.35. The van der Waals surface area contributed by atoms with Gasteiger partial charge >= 0.3 is 5.97 Å². The zero-order valence-electron chi connectivity index (χ0n) is 16.0. The van der Waals surface area contributed by atoms with Crippen LogP contribution < -0.4 is 20.1 Å². The van der Waals surface area contributed by atoms with Crippen molar-refractivity contribution in [3.63, 3.8) is 0 Å². The van der Waals surface area contributed by atoms with Gasteiger partial charge in [0.15, 0.2) is 16.6 Å². The minimum atomic E-state index is -0.449. The normalized spacial score (nSPS) is 16.3. The van der Waals surface area contributed by atoms with E-state index in [-0.39, 0.29) is 6.61 Å². The standard InChI is InChI=1S/C20H26N2O4S/c1-5-10-25-15-9-8-14(12-16(15)24-7-3)18-17(19(23)26-11-6-2)13(4)21-20(27)22-18/h6,8-9,12,18H,2,5,7,10-11H2,1,3-4H3,(H2,21,22,27)/t18-/m0/s1. The highest BCUT2D eigenvalue weighted by Gasteiger charge is 2.31. The maximum atomic E-state index is 12.6. The Morgan fingerprint density at radius 2 is 2.07 bits per heavy atom. The number of ether oxygens (including phenoxy) is 3. The van der Waals surface area contributed by atoms with Crippen LogP contribution in [-0.2, 0) is 9.53 Å². The summed E-state index contributed by atoms with van der Waals surface area (Å²) in [7, 11) is 0. The van der Waals surface area contributed by atoms with E-state index >= 15 is 0 Å². The number of esters is 1. The van der Waals surface area contributed by atoms with Crippen molar-refractivity contribution >= 4 is 23.3 Å². The van der Waals surface area contributed by atoms with Gasteiger partial charge in [-0.1, -0.05) is 25.6 Å². The molecule has 27 heavy (non-hydrogen) atoms. The molecule has 6 nitrogen and oxygen atoms in total. The highest BCUT2D eigenvalue weighted by atomic mass is 32.1. The van der Waals surface area contributed by atoms with E-state index in [1.807, 2.05) is 32.0 Å². The summed E-state index contributed by atoms with van der Waals surface area (Å²) in [5.41, 5.74) is 1.95. The molecule has 1 aliphatic heterocycles. The number of carbonyl (C=O) groups excluding carboxylic acids is 1. The van der Waals surface area contributed by atoms with Crippen molar-refractivity contribution < 1.29 is 19.0 Å². The fraction of sp³-hybridized carbons (Fsp3) is 0.400. The smallest absolute Gasteiger partial charge is 0.338 e. The average molecular weight is 391 g/mol. The predicted molar refractivity (Wildman–Crippen MR) is 109 cm³/mol. The van der Waals surface area contributed by atoms with E-state index < -0.39 is 12.0 Å². The molecule has 1 heterocycles. The van der Waals surface area contributed by atoms with Gasteiger partial charge in [0, 0.05) is 5.70 Å². The summed E-state index contributed by atoms with van der Waals surface area (Å²) in [6.07, 6.45) is 2.43. The van der Waals surface area contributed by atoms with E-state index in [1.54, 1.807) is 6.92 Å². The molecule has 0 radical (unpaired) electrons. The summed E-state index contributed by atoms with van der Waals surface area (Å²) in [6.45, 7) is 10.6. The Morgan fingerprint density at radius 1 is 1.30 bits per heavy atom. The van der Waals surface area contributed by atoms with Gasteiger partial charge in [-0.05, 0) is 50.2 Å². The lowest BCUT2D eigenvalue weighted by atomic mass is 9.95. The number of allylic oxidation sites excluding steroid dienone is 1. The van der Waals surface area contributed by atoms with E-state index in [4.69, 9.17) is 26.4 Å². The van der Waals surface area contributed by atoms with Crippen LogP contribution in [0.4, 0.5) is 0 Å². The largest absolute Gasteiger partial charge is 0.490 e. The van der Waals surface area contributed by atoms with Crippen LogP contribution in [0.25, 0.3) is 0 Å². The van der Waals surface area contributed by atoms with Crippen molar-refractivity contribution in [3.05, 3.63) is 47.7 Å². The number of nitrogens with one attached hydrogen (secondary N) is 2. The first-order valence-electron chi connectivity index (χ1n) is 8.97. The Balaban J connectivity index is 2.41. The lowest BCUT2D eigenvalue weighted by Gasteiger charge is -2.30. The number of benzene rings is 1. The van der Waals surface area contributed by atoms with Crippen molar-refractivity contribution in [2.45, 2.75) is 33.2 Å². The van der Waals surface area contributed by atoms with Gasteiger partial charge in [-0.15, -0.1) is 0 Å². The van der Waals surface area contributed by atoms with E-state index in [2.05, 4.69) is 17.2 Å². The zero-order chi connectivity index (χ0) is 19.8. The Labute approximate surface area is 165 Å². The summed E-state index contributed by atoms with van der Waals surface area (Å²) in [4.78, 5) is 12.6. The maximum absolute atomic E-state index is 12.6. The van der Waals surface area contributed by atoms with Crippen LogP contribution in [0.2, 0.25) is 0 Å². The Bertz CT molecular complexity index is 745. The molecule has 0 fully saturated rings. The number of hydrogen-bond donors (Lipinski definition) is 2. The van der Waals surface area contributed by atoms with E-state index in [0.29, 0.717) is 41.1 Å². The monoisotopic (exact) mass is 390 g/mol. The van der Waals surface area contributed by atoms with Crippen molar-refractivity contribution in [3.8, 4) is 11.5 Å². The minimum Gasteiger partial charge on any atom is -0.490 e. The molecule has 146 valence electrons. The summed E-state index contributed by atoms with van der Waals surface area (Å²) in [6, 6.07) is 5.17. The van der Waals surface area contributed by atoms with E-state index in [9.17, 15) is 4.79 Å². The molecule has 0 amide bonds. The summed E-state index contributed by atoms with van der Waals surface area (Å²) >= 11 is 5.27. The molecule has 0 bridgehead atoms. The lowest BCUT2D eigenvalue weighted by molar-refractivity contribution is -0.138. The van der Waals surface area contributed by atoms with Crippen molar-refractivity contribution in [2.75, 3.05) is 19.8 Å². The lowest BCUT2D eigenvalue weighted by Crippen LogP contribution is -2.45. The minimum absolute atomic E-state index is 0.140. The molecule has 1 atom stereocenters. The molecule has 2 rings (SSSR count). The molecule has 0 unspecified atom stereocenters. The summed E-state index contributed by atoms with van der Waals surface area (Å²) in [5, 5.41) is 6.57. The molecule has 2 N–H and O–H groups in total. The van der Waals surface area contributed by atoms with Crippen LogP contribution in [0.3, 0.4) is 0 Å². The third kappa shape index (κ3) is 5.23. The van der Waals surface area contributed by atoms with Gasteiger partial charge in [0.05, 0.1) is 24.8 Å². The number of carbonyl (C=O) groups is 1. The zero-order valence-corrected chi connectivity index (χ0v) is 16.8. The third-order valence-electron chi connectivity index (χ3n) is 3.88. The van der Waals surface area contributed by atoms with Crippen LogP contribution in [-0.4, -0.2) is 30.9 Å². The van der Waals surface area contributed by atoms with Gasteiger partial charge in [0.2, 0.25) is 0 Å². The third-order valence-corrected chi connectivity index (χ3v) is 4.10. The fourth-order valence-corrected chi connectivity index (χ4v) is 3.00. The van der Waals surface area contributed by atoms with Crippen LogP contribution in [0.1, 0.15) is 38.8 Å². The van der Waals surface area contributed by atoms with Gasteiger partial charge in [-0.2, -0.15) is 0 Å². The highest BCUT2D eigenvalue weighted by Crippen LogP contribution is 2.34. The molecular weight excluding hydrogens is 364 g/mol. The molecule has 0 spiro atoms.